The summed E-state index contributed by atoms with van der Waals surface area (Å²) >= 11 is 0. The van der Waals surface area contributed by atoms with Crippen molar-refractivity contribution in [1.82, 2.24) is 14.8 Å². The summed E-state index contributed by atoms with van der Waals surface area (Å²) < 4.78 is 1.88. The summed E-state index contributed by atoms with van der Waals surface area (Å²) in [4.78, 5) is 4.55. The predicted molar refractivity (Wildman–Crippen MR) is 77.0 cm³/mol. The van der Waals surface area contributed by atoms with Crippen molar-refractivity contribution in [3.8, 4) is 0 Å². The molecule has 0 unspecified atom stereocenters. The number of anilines is 1. The average molecular weight is 252 g/mol. The van der Waals surface area contributed by atoms with Gasteiger partial charge in [-0.05, 0) is 31.5 Å². The summed E-state index contributed by atoms with van der Waals surface area (Å²) in [6.07, 6.45) is 1.97. The quantitative estimate of drug-likeness (QED) is 0.763. The molecule has 3 rings (SSSR count). The molecule has 0 atom stereocenters. The van der Waals surface area contributed by atoms with Crippen LogP contribution < -0.4 is 5.73 Å². The van der Waals surface area contributed by atoms with Crippen LogP contribution in [0.5, 0.6) is 0 Å². The Bertz CT molecular complexity index is 723. The van der Waals surface area contributed by atoms with Crippen LogP contribution in [0.1, 0.15) is 16.8 Å². The van der Waals surface area contributed by atoms with E-state index in [1.165, 1.54) is 10.9 Å². The van der Waals surface area contributed by atoms with E-state index in [9.17, 15) is 0 Å². The molecule has 0 radical (unpaired) electrons. The minimum Gasteiger partial charge on any atom is -0.382 e. The van der Waals surface area contributed by atoms with E-state index in [4.69, 9.17) is 5.73 Å². The second-order valence-corrected chi connectivity index (χ2v) is 4.83. The van der Waals surface area contributed by atoms with E-state index >= 15 is 0 Å². The molecule has 3 aromatic rings. The normalized spacial score (nSPS) is 11.1. The Labute approximate surface area is 111 Å². The van der Waals surface area contributed by atoms with Gasteiger partial charge in [0, 0.05) is 22.8 Å². The van der Waals surface area contributed by atoms with Crippen LogP contribution in [0, 0.1) is 13.8 Å². The topological polar surface area (TPSA) is 56.7 Å². The van der Waals surface area contributed by atoms with Gasteiger partial charge in [-0.25, -0.2) is 0 Å². The molecule has 0 aliphatic heterocycles. The Balaban J connectivity index is 2.09. The van der Waals surface area contributed by atoms with E-state index in [-0.39, 0.29) is 0 Å². The highest BCUT2D eigenvalue weighted by Crippen LogP contribution is 2.19. The fraction of sp³-hybridized carbons (Fsp3) is 0.200. The highest BCUT2D eigenvalue weighted by Gasteiger charge is 2.06. The average Bonchev–Trinajstić information content (AvgIpc) is 2.68. The molecule has 0 amide bonds. The van der Waals surface area contributed by atoms with Gasteiger partial charge in [-0.3, -0.25) is 9.67 Å². The lowest BCUT2D eigenvalue weighted by Crippen LogP contribution is -2.03. The van der Waals surface area contributed by atoms with E-state index in [1.54, 1.807) is 0 Å². The lowest BCUT2D eigenvalue weighted by molar-refractivity contribution is 0.692. The Hall–Kier alpha value is -2.36. The van der Waals surface area contributed by atoms with Crippen molar-refractivity contribution in [2.75, 3.05) is 5.73 Å². The van der Waals surface area contributed by atoms with Crippen LogP contribution in [-0.2, 0) is 6.54 Å². The third-order valence-corrected chi connectivity index (χ3v) is 3.25. The van der Waals surface area contributed by atoms with Crippen LogP contribution >= 0.6 is 0 Å². The fourth-order valence-corrected chi connectivity index (χ4v) is 2.32. The monoisotopic (exact) mass is 252 g/mol. The molecule has 19 heavy (non-hydrogen) atoms. The number of hydrogen-bond acceptors (Lipinski definition) is 3. The van der Waals surface area contributed by atoms with E-state index < -0.39 is 0 Å². The van der Waals surface area contributed by atoms with Crippen LogP contribution in [0.4, 0.5) is 5.82 Å². The van der Waals surface area contributed by atoms with Crippen molar-refractivity contribution >= 4 is 16.7 Å². The first kappa shape index (κ1) is 11.7. The molecule has 0 fully saturated rings. The van der Waals surface area contributed by atoms with Gasteiger partial charge in [0.1, 0.15) is 5.82 Å². The molecule has 2 aromatic heterocycles. The molecule has 4 nitrogen and oxygen atoms in total. The number of nitrogens with two attached hydrogens (primary N) is 1. The Kier molecular flexibility index (Phi) is 2.71. The van der Waals surface area contributed by atoms with Crippen molar-refractivity contribution in [2.24, 2.45) is 0 Å². The number of rotatable bonds is 2. The molecule has 96 valence electrons. The second-order valence-electron chi connectivity index (χ2n) is 4.83. The van der Waals surface area contributed by atoms with Crippen LogP contribution in [0.25, 0.3) is 10.9 Å². The zero-order chi connectivity index (χ0) is 13.4. The van der Waals surface area contributed by atoms with Gasteiger partial charge in [-0.2, -0.15) is 5.10 Å². The maximum absolute atomic E-state index is 5.79. The smallest absolute Gasteiger partial charge is 0.148 e. The number of para-hydroxylation sites is 1. The molecular formula is C15H16N4. The van der Waals surface area contributed by atoms with Gasteiger partial charge in [0.2, 0.25) is 0 Å². The van der Waals surface area contributed by atoms with E-state index in [1.807, 2.05) is 42.9 Å². The number of aromatic nitrogens is 3. The zero-order valence-corrected chi connectivity index (χ0v) is 11.1. The van der Waals surface area contributed by atoms with Crippen LogP contribution in [0.3, 0.4) is 0 Å². The van der Waals surface area contributed by atoms with Crippen molar-refractivity contribution in [3.05, 3.63) is 53.3 Å². The number of nitrogen functional groups attached to an aromatic ring is 1. The number of nitrogens with zero attached hydrogens (tertiary/aromatic N) is 3. The summed E-state index contributed by atoms with van der Waals surface area (Å²) in [5.41, 5.74) is 10.1. The molecule has 2 N–H and O–H groups in total. The highest BCUT2D eigenvalue weighted by atomic mass is 15.3. The van der Waals surface area contributed by atoms with Crippen molar-refractivity contribution in [2.45, 2.75) is 20.4 Å². The zero-order valence-electron chi connectivity index (χ0n) is 11.1. The largest absolute Gasteiger partial charge is 0.382 e. The van der Waals surface area contributed by atoms with Gasteiger partial charge < -0.3 is 5.73 Å². The summed E-state index contributed by atoms with van der Waals surface area (Å²) in [5.74, 6) is 0.593. The molecule has 1 aromatic carbocycles. The molecule has 2 heterocycles. The third-order valence-electron chi connectivity index (χ3n) is 3.25. The number of pyridine rings is 1. The lowest BCUT2D eigenvalue weighted by Gasteiger charge is -2.08. The maximum Gasteiger partial charge on any atom is 0.148 e. The Morgan fingerprint density at radius 3 is 2.74 bits per heavy atom. The predicted octanol–water partition coefficient (Wildman–Crippen LogP) is 2.68. The highest BCUT2D eigenvalue weighted by molar-refractivity contribution is 5.82. The van der Waals surface area contributed by atoms with Crippen LogP contribution in [0.15, 0.2) is 36.5 Å². The Morgan fingerprint density at radius 1 is 1.21 bits per heavy atom. The third kappa shape index (κ3) is 2.17. The van der Waals surface area contributed by atoms with E-state index in [2.05, 4.69) is 22.2 Å². The summed E-state index contributed by atoms with van der Waals surface area (Å²) in [6.45, 7) is 4.69. The van der Waals surface area contributed by atoms with Crippen molar-refractivity contribution in [3.63, 3.8) is 0 Å². The first-order valence-corrected chi connectivity index (χ1v) is 6.28. The maximum atomic E-state index is 5.79. The molecule has 0 spiro atoms. The summed E-state index contributed by atoms with van der Waals surface area (Å²) in [5, 5.41) is 5.48. The Morgan fingerprint density at radius 2 is 2.00 bits per heavy atom. The second kappa shape index (κ2) is 4.39. The number of benzene rings is 1. The van der Waals surface area contributed by atoms with Crippen LogP contribution in [-0.4, -0.2) is 14.8 Å². The molecule has 0 saturated heterocycles. The number of aryl methyl sites for hydroxylation is 2. The molecule has 4 heteroatoms. The van der Waals surface area contributed by atoms with Gasteiger partial charge in [0.25, 0.3) is 0 Å². The molecular weight excluding hydrogens is 236 g/mol. The van der Waals surface area contributed by atoms with E-state index in [0.717, 1.165) is 16.8 Å². The van der Waals surface area contributed by atoms with Gasteiger partial charge >= 0.3 is 0 Å². The molecule has 0 aliphatic carbocycles. The van der Waals surface area contributed by atoms with Gasteiger partial charge in [0.05, 0.1) is 12.1 Å². The fourth-order valence-electron chi connectivity index (χ4n) is 2.32. The van der Waals surface area contributed by atoms with Gasteiger partial charge in [-0.1, -0.05) is 18.2 Å². The first-order valence-electron chi connectivity index (χ1n) is 6.28. The summed E-state index contributed by atoms with van der Waals surface area (Å²) in [6, 6.07) is 10.3. The standard InChI is InChI=1S/C15H16N4/c1-10-8-19(18-15(10)16)9-12-7-11(2)17-14-6-4-3-5-13(12)14/h3-8H,9H2,1-2H3,(H2,16,18). The van der Waals surface area contributed by atoms with Crippen LogP contribution in [0.2, 0.25) is 0 Å². The minimum atomic E-state index is 0.593. The minimum absolute atomic E-state index is 0.593. The first-order chi connectivity index (χ1) is 9.13. The van der Waals surface area contributed by atoms with Gasteiger partial charge in [0.15, 0.2) is 0 Å². The SMILES string of the molecule is Cc1cc(Cn2cc(C)c(N)n2)c2ccccc2n1. The van der Waals surface area contributed by atoms with Crippen molar-refractivity contribution < 1.29 is 0 Å². The van der Waals surface area contributed by atoms with Crippen molar-refractivity contribution in [1.29, 1.82) is 0 Å². The number of hydrogen-bond donors (Lipinski definition) is 1. The van der Waals surface area contributed by atoms with E-state index in [0.29, 0.717) is 12.4 Å². The molecule has 0 saturated carbocycles. The summed E-state index contributed by atoms with van der Waals surface area (Å²) in [7, 11) is 0. The lowest BCUT2D eigenvalue weighted by atomic mass is 10.1. The number of fused-ring (bicyclic) bond motifs is 1. The van der Waals surface area contributed by atoms with Gasteiger partial charge in [-0.15, -0.1) is 0 Å². The molecule has 0 aliphatic rings. The molecule has 0 bridgehead atoms.